The molecule has 1 aliphatic heterocycles. The molecule has 0 radical (unpaired) electrons. The van der Waals surface area contributed by atoms with E-state index in [4.69, 9.17) is 16.4 Å². The van der Waals surface area contributed by atoms with Gasteiger partial charge in [0.15, 0.2) is 6.23 Å². The summed E-state index contributed by atoms with van der Waals surface area (Å²) in [6, 6.07) is 30.5. The van der Waals surface area contributed by atoms with E-state index >= 15 is 0 Å². The van der Waals surface area contributed by atoms with E-state index in [9.17, 15) is 4.79 Å². The molecule has 5 nitrogen and oxygen atoms in total. The maximum Gasteiger partial charge on any atom is 0.249 e. The summed E-state index contributed by atoms with van der Waals surface area (Å²) in [6.45, 7) is 0. The van der Waals surface area contributed by atoms with Gasteiger partial charge in [0.05, 0.1) is 11.4 Å². The Labute approximate surface area is 191 Å². The molecule has 4 aromatic rings. The molecule has 1 fully saturated rings. The molecule has 32 heavy (non-hydrogen) atoms. The minimum absolute atomic E-state index is 0.132. The van der Waals surface area contributed by atoms with Crippen LogP contribution in [0.4, 0.5) is 11.4 Å². The molecular weight excluding hydrogens is 422 g/mol. The van der Waals surface area contributed by atoms with Crippen LogP contribution in [0, 0.1) is 0 Å². The molecule has 1 saturated heterocycles. The number of benzene rings is 3. The van der Waals surface area contributed by atoms with Gasteiger partial charge in [0, 0.05) is 23.3 Å². The lowest BCUT2D eigenvalue weighted by atomic mass is 10.1. The van der Waals surface area contributed by atoms with Crippen LogP contribution in [0.3, 0.4) is 0 Å². The quantitative estimate of drug-likeness (QED) is 0.402. The van der Waals surface area contributed by atoms with Crippen LogP contribution in [-0.2, 0) is 9.63 Å². The van der Waals surface area contributed by atoms with Gasteiger partial charge >= 0.3 is 0 Å². The summed E-state index contributed by atoms with van der Waals surface area (Å²) in [4.78, 5) is 19.6. The van der Waals surface area contributed by atoms with Crippen molar-refractivity contribution in [3.8, 4) is 11.3 Å². The summed E-state index contributed by atoms with van der Waals surface area (Å²) in [5, 5.41) is 5.33. The molecule has 1 amide bonds. The number of aromatic nitrogens is 1. The summed E-state index contributed by atoms with van der Waals surface area (Å²) in [6.07, 6.45) is 2.18. The number of halogens is 1. The summed E-state index contributed by atoms with van der Waals surface area (Å²) in [7, 11) is 0. The Morgan fingerprint density at radius 1 is 0.875 bits per heavy atom. The second-order valence-corrected chi connectivity index (χ2v) is 8.07. The second-order valence-electron chi connectivity index (χ2n) is 7.64. The average molecular weight is 444 g/mol. The SMILES string of the molecule is O=C(Nc1ccc(Cl)cc1)[C@@H]1C[C@H](n2cccc2-c2ccccc2)ON1c1ccccc1. The standard InChI is InChI=1S/C26H22ClN3O2/c27-20-13-15-21(16-14-20)28-26(31)24-18-25(32-30(24)22-10-5-2-6-11-22)29-17-7-12-23(29)19-8-3-1-4-9-19/h1-17,24-25H,18H2,(H,28,31)/t24-,25+/m0/s1. The van der Waals surface area contributed by atoms with Gasteiger partial charge in [-0.05, 0) is 54.1 Å². The zero-order valence-electron chi connectivity index (χ0n) is 17.3. The first-order valence-electron chi connectivity index (χ1n) is 10.5. The number of hydrogen-bond acceptors (Lipinski definition) is 3. The van der Waals surface area contributed by atoms with E-state index in [0.717, 1.165) is 16.9 Å². The van der Waals surface area contributed by atoms with E-state index < -0.39 is 6.04 Å². The largest absolute Gasteiger partial charge is 0.324 e. The van der Waals surface area contributed by atoms with Crippen molar-refractivity contribution < 1.29 is 9.63 Å². The van der Waals surface area contributed by atoms with Crippen LogP contribution in [0.1, 0.15) is 12.6 Å². The lowest BCUT2D eigenvalue weighted by Gasteiger charge is -2.24. The van der Waals surface area contributed by atoms with Crippen LogP contribution in [0.5, 0.6) is 0 Å². The van der Waals surface area contributed by atoms with E-state index in [-0.39, 0.29) is 12.1 Å². The van der Waals surface area contributed by atoms with E-state index in [1.54, 1.807) is 29.3 Å². The van der Waals surface area contributed by atoms with Gasteiger partial charge in [0.1, 0.15) is 6.04 Å². The zero-order chi connectivity index (χ0) is 21.9. The van der Waals surface area contributed by atoms with Crippen molar-refractivity contribution in [1.29, 1.82) is 0 Å². The highest BCUT2D eigenvalue weighted by Crippen LogP contribution is 2.36. The van der Waals surface area contributed by atoms with E-state index in [1.165, 1.54) is 0 Å². The highest BCUT2D eigenvalue weighted by Gasteiger charge is 2.40. The van der Waals surface area contributed by atoms with Crippen LogP contribution in [0.15, 0.2) is 103 Å². The van der Waals surface area contributed by atoms with Gasteiger partial charge in [-0.25, -0.2) is 9.90 Å². The Hall–Kier alpha value is -3.54. The highest BCUT2D eigenvalue weighted by molar-refractivity contribution is 6.30. The van der Waals surface area contributed by atoms with Gasteiger partial charge in [0.2, 0.25) is 5.91 Å². The van der Waals surface area contributed by atoms with Gasteiger partial charge in [-0.15, -0.1) is 0 Å². The van der Waals surface area contributed by atoms with E-state index in [2.05, 4.69) is 28.1 Å². The summed E-state index contributed by atoms with van der Waals surface area (Å²) in [5.74, 6) is -0.132. The Morgan fingerprint density at radius 3 is 2.28 bits per heavy atom. The zero-order valence-corrected chi connectivity index (χ0v) is 18.0. The maximum atomic E-state index is 13.3. The number of amides is 1. The van der Waals surface area contributed by atoms with Crippen molar-refractivity contribution in [2.45, 2.75) is 18.7 Å². The first-order valence-corrected chi connectivity index (χ1v) is 10.9. The normalized spacial score (nSPS) is 18.0. The van der Waals surface area contributed by atoms with Crippen molar-refractivity contribution in [2.24, 2.45) is 0 Å². The molecule has 6 heteroatoms. The number of carbonyl (C=O) groups is 1. The molecule has 0 saturated carbocycles. The predicted octanol–water partition coefficient (Wildman–Crippen LogP) is 6.16. The smallest absolute Gasteiger partial charge is 0.249 e. The lowest BCUT2D eigenvalue weighted by Crippen LogP contribution is -2.39. The van der Waals surface area contributed by atoms with Crippen molar-refractivity contribution in [3.63, 3.8) is 0 Å². The Morgan fingerprint density at radius 2 is 1.56 bits per heavy atom. The molecule has 2 atom stereocenters. The number of hydrogen-bond donors (Lipinski definition) is 1. The number of hydroxylamine groups is 1. The molecule has 5 rings (SSSR count). The molecule has 2 heterocycles. The fraction of sp³-hybridized carbons (Fsp3) is 0.115. The molecule has 0 aliphatic carbocycles. The number of carbonyl (C=O) groups excluding carboxylic acids is 1. The van der Waals surface area contributed by atoms with Gasteiger partial charge in [-0.2, -0.15) is 0 Å². The first kappa shape index (κ1) is 20.4. The monoisotopic (exact) mass is 443 g/mol. The van der Waals surface area contributed by atoms with Crippen LogP contribution in [0.25, 0.3) is 11.3 Å². The molecule has 3 aromatic carbocycles. The third-order valence-corrected chi connectivity index (χ3v) is 5.78. The number of rotatable bonds is 5. The Kier molecular flexibility index (Phi) is 5.67. The summed E-state index contributed by atoms with van der Waals surface area (Å²) >= 11 is 5.98. The van der Waals surface area contributed by atoms with Crippen LogP contribution in [0.2, 0.25) is 5.02 Å². The van der Waals surface area contributed by atoms with E-state index in [1.807, 2.05) is 60.8 Å². The van der Waals surface area contributed by atoms with Crippen LogP contribution < -0.4 is 10.4 Å². The fourth-order valence-electron chi connectivity index (χ4n) is 3.99. The number of nitrogens with one attached hydrogen (secondary N) is 1. The molecule has 1 aromatic heterocycles. The van der Waals surface area contributed by atoms with Gasteiger partial charge in [-0.1, -0.05) is 60.1 Å². The molecule has 0 spiro atoms. The van der Waals surface area contributed by atoms with Crippen LogP contribution >= 0.6 is 11.6 Å². The van der Waals surface area contributed by atoms with Crippen molar-refractivity contribution in [3.05, 3.63) is 108 Å². The van der Waals surface area contributed by atoms with E-state index in [0.29, 0.717) is 17.1 Å². The summed E-state index contributed by atoms with van der Waals surface area (Å²) < 4.78 is 2.08. The molecular formula is C26H22ClN3O2. The minimum Gasteiger partial charge on any atom is -0.324 e. The lowest BCUT2D eigenvalue weighted by molar-refractivity contribution is -0.117. The maximum absolute atomic E-state index is 13.3. The Balaban J connectivity index is 1.44. The van der Waals surface area contributed by atoms with Gasteiger partial charge in [0.25, 0.3) is 0 Å². The predicted molar refractivity (Wildman–Crippen MR) is 127 cm³/mol. The third-order valence-electron chi connectivity index (χ3n) is 5.53. The average Bonchev–Trinajstić information content (AvgIpc) is 3.49. The van der Waals surface area contributed by atoms with Crippen molar-refractivity contribution >= 4 is 28.9 Å². The van der Waals surface area contributed by atoms with Crippen molar-refractivity contribution in [1.82, 2.24) is 4.57 Å². The molecule has 1 N–H and O–H groups in total. The molecule has 0 bridgehead atoms. The fourth-order valence-corrected chi connectivity index (χ4v) is 4.11. The highest BCUT2D eigenvalue weighted by atomic mass is 35.5. The third kappa shape index (κ3) is 4.13. The first-order chi connectivity index (χ1) is 15.7. The van der Waals surface area contributed by atoms with Crippen LogP contribution in [-0.4, -0.2) is 16.5 Å². The number of anilines is 2. The number of para-hydroxylation sites is 1. The second kappa shape index (κ2) is 8.91. The minimum atomic E-state index is -0.496. The molecule has 160 valence electrons. The van der Waals surface area contributed by atoms with Gasteiger partial charge in [-0.3, -0.25) is 4.79 Å². The molecule has 0 unspecified atom stereocenters. The number of nitrogens with zero attached hydrogens (tertiary/aromatic N) is 2. The topological polar surface area (TPSA) is 46.5 Å². The Bertz CT molecular complexity index is 1190. The summed E-state index contributed by atoms with van der Waals surface area (Å²) in [5.41, 5.74) is 3.67. The van der Waals surface area contributed by atoms with Gasteiger partial charge < -0.3 is 9.88 Å². The van der Waals surface area contributed by atoms with Crippen molar-refractivity contribution in [2.75, 3.05) is 10.4 Å². The molecule has 1 aliphatic rings.